The number of hydrogen-bond donors (Lipinski definition) is 1. The highest BCUT2D eigenvalue weighted by atomic mass is 35.5. The maximum absolute atomic E-state index is 12.6. The normalized spacial score (nSPS) is 15.8. The highest BCUT2D eigenvalue weighted by Crippen LogP contribution is 2.40. The number of rotatable bonds is 5. The molecule has 2 aromatic heterocycles. The van der Waals surface area contributed by atoms with Gasteiger partial charge in [0.25, 0.3) is 5.91 Å². The van der Waals surface area contributed by atoms with E-state index in [0.29, 0.717) is 20.2 Å². The average molecular weight is 512 g/mol. The van der Waals surface area contributed by atoms with Crippen LogP contribution in [-0.4, -0.2) is 34.2 Å². The number of ether oxygens (including phenoxy) is 1. The van der Waals surface area contributed by atoms with Crippen LogP contribution in [0.15, 0.2) is 33.5 Å². The molecule has 1 aliphatic rings. The minimum absolute atomic E-state index is 0.0141. The Hall–Kier alpha value is -2.92. The molecule has 0 spiro atoms. The lowest BCUT2D eigenvalue weighted by molar-refractivity contribution is -0.220. The van der Waals surface area contributed by atoms with E-state index >= 15 is 0 Å². The number of thiophene rings is 1. The first-order chi connectivity index (χ1) is 15.6. The zero-order valence-electron chi connectivity index (χ0n) is 16.9. The largest absolute Gasteiger partial charge is 0.423 e. The van der Waals surface area contributed by atoms with E-state index in [1.165, 1.54) is 19.1 Å². The predicted octanol–water partition coefficient (Wildman–Crippen LogP) is 3.70. The minimum Gasteiger partial charge on any atom is -0.423 e. The quantitative estimate of drug-likeness (QED) is 0.312. The Morgan fingerprint density at radius 2 is 2.03 bits per heavy atom. The van der Waals surface area contributed by atoms with Crippen molar-refractivity contribution in [2.75, 3.05) is 0 Å². The van der Waals surface area contributed by atoms with Gasteiger partial charge in [-0.2, -0.15) is 0 Å². The van der Waals surface area contributed by atoms with Crippen molar-refractivity contribution < 1.29 is 33.5 Å². The van der Waals surface area contributed by atoms with Crippen LogP contribution in [0.2, 0.25) is 10.0 Å². The molecule has 1 amide bonds. The zero-order chi connectivity index (χ0) is 23.9. The summed E-state index contributed by atoms with van der Waals surface area (Å²) in [4.78, 5) is 53.7. The molecule has 1 atom stereocenters. The molecule has 0 bridgehead atoms. The summed E-state index contributed by atoms with van der Waals surface area (Å²) in [7, 11) is 0. The first-order valence-electron chi connectivity index (χ1n) is 9.58. The molecular formula is C21H15Cl2NO8S. The monoisotopic (exact) mass is 511 g/mol. The number of carbonyl (C=O) groups is 3. The molecular weight excluding hydrogens is 497 g/mol. The van der Waals surface area contributed by atoms with E-state index in [4.69, 9.17) is 37.2 Å². The lowest BCUT2D eigenvalue weighted by Gasteiger charge is -2.18. The average Bonchev–Trinajstić information content (AvgIpc) is 3.33. The summed E-state index contributed by atoms with van der Waals surface area (Å²) < 4.78 is 10.4. The molecule has 0 radical (unpaired) electrons. The molecule has 4 rings (SSSR count). The van der Waals surface area contributed by atoms with Crippen LogP contribution in [0.4, 0.5) is 0 Å². The van der Waals surface area contributed by atoms with Gasteiger partial charge in [0.05, 0.1) is 17.0 Å². The van der Waals surface area contributed by atoms with E-state index in [-0.39, 0.29) is 46.2 Å². The Labute approximate surface area is 200 Å². The SMILES string of the molecule is CC(=O)Oc1c(Cl)cc2cc(-c3ccc(CC(=O)ON4C(=O)CCC4O)s3)c(=O)oc2c1Cl. The lowest BCUT2D eigenvalue weighted by Crippen LogP contribution is -2.35. The van der Waals surface area contributed by atoms with Crippen LogP contribution in [0.3, 0.4) is 0 Å². The van der Waals surface area contributed by atoms with Crippen LogP contribution in [-0.2, 0) is 25.6 Å². The summed E-state index contributed by atoms with van der Waals surface area (Å²) in [5.74, 6) is -1.93. The van der Waals surface area contributed by atoms with Gasteiger partial charge in [0, 0.05) is 34.9 Å². The summed E-state index contributed by atoms with van der Waals surface area (Å²) in [6, 6.07) is 6.26. The van der Waals surface area contributed by atoms with Gasteiger partial charge in [-0.25, -0.2) is 9.59 Å². The molecule has 1 fully saturated rings. The van der Waals surface area contributed by atoms with Gasteiger partial charge < -0.3 is 19.1 Å². The van der Waals surface area contributed by atoms with Gasteiger partial charge in [-0.1, -0.05) is 23.2 Å². The highest BCUT2D eigenvalue weighted by molar-refractivity contribution is 7.15. The van der Waals surface area contributed by atoms with Crippen LogP contribution >= 0.6 is 34.5 Å². The minimum atomic E-state index is -1.15. The second kappa shape index (κ2) is 9.14. The first kappa shape index (κ1) is 23.2. The van der Waals surface area contributed by atoms with Crippen molar-refractivity contribution in [3.8, 4) is 16.2 Å². The molecule has 1 unspecified atom stereocenters. The topological polar surface area (TPSA) is 123 Å². The van der Waals surface area contributed by atoms with Gasteiger partial charge in [0.15, 0.2) is 17.6 Å². The maximum Gasteiger partial charge on any atom is 0.345 e. The number of halogens is 2. The first-order valence-corrected chi connectivity index (χ1v) is 11.2. The number of aliphatic hydroxyl groups excluding tert-OH is 1. The molecule has 9 nitrogen and oxygen atoms in total. The summed E-state index contributed by atoms with van der Waals surface area (Å²) in [6.07, 6.45) is -1.01. The molecule has 172 valence electrons. The maximum atomic E-state index is 12.6. The number of aliphatic hydroxyl groups is 1. The molecule has 33 heavy (non-hydrogen) atoms. The highest BCUT2D eigenvalue weighted by Gasteiger charge is 2.33. The fraction of sp³-hybridized carbons (Fsp3) is 0.238. The van der Waals surface area contributed by atoms with Crippen LogP contribution in [0, 0.1) is 0 Å². The predicted molar refractivity (Wildman–Crippen MR) is 119 cm³/mol. The van der Waals surface area contributed by atoms with E-state index in [1.807, 2.05) is 0 Å². The number of benzene rings is 1. The number of hydrogen-bond acceptors (Lipinski definition) is 9. The number of fused-ring (bicyclic) bond motifs is 1. The van der Waals surface area contributed by atoms with Gasteiger partial charge in [0.2, 0.25) is 0 Å². The van der Waals surface area contributed by atoms with Gasteiger partial charge >= 0.3 is 17.6 Å². The fourth-order valence-electron chi connectivity index (χ4n) is 3.24. The molecule has 3 aromatic rings. The zero-order valence-corrected chi connectivity index (χ0v) is 19.3. The smallest absolute Gasteiger partial charge is 0.345 e. The molecule has 1 aliphatic heterocycles. The lowest BCUT2D eigenvalue weighted by atomic mass is 10.1. The second-order valence-electron chi connectivity index (χ2n) is 7.11. The fourth-order valence-corrected chi connectivity index (χ4v) is 4.83. The molecule has 0 aliphatic carbocycles. The van der Waals surface area contributed by atoms with E-state index < -0.39 is 29.7 Å². The third kappa shape index (κ3) is 4.74. The number of hydroxylamine groups is 2. The Morgan fingerprint density at radius 3 is 2.70 bits per heavy atom. The van der Waals surface area contributed by atoms with Crippen LogP contribution < -0.4 is 10.4 Å². The van der Waals surface area contributed by atoms with Crippen molar-refractivity contribution >= 4 is 63.4 Å². The van der Waals surface area contributed by atoms with Crippen molar-refractivity contribution in [2.24, 2.45) is 0 Å². The molecule has 0 saturated carbocycles. The molecule has 3 heterocycles. The van der Waals surface area contributed by atoms with Crippen molar-refractivity contribution in [3.05, 3.63) is 49.6 Å². The van der Waals surface area contributed by atoms with Crippen molar-refractivity contribution in [1.29, 1.82) is 0 Å². The number of nitrogens with zero attached hydrogens (tertiary/aromatic N) is 1. The summed E-state index contributed by atoms with van der Waals surface area (Å²) >= 11 is 13.5. The van der Waals surface area contributed by atoms with Crippen LogP contribution in [0.25, 0.3) is 21.4 Å². The van der Waals surface area contributed by atoms with Crippen LogP contribution in [0.5, 0.6) is 5.75 Å². The third-order valence-corrected chi connectivity index (χ3v) is 6.44. The van der Waals surface area contributed by atoms with Crippen molar-refractivity contribution in [3.63, 3.8) is 0 Å². The molecule has 1 aromatic carbocycles. The Bertz CT molecular complexity index is 1350. The van der Waals surface area contributed by atoms with Crippen molar-refractivity contribution in [1.82, 2.24) is 5.06 Å². The number of esters is 1. The summed E-state index contributed by atoms with van der Waals surface area (Å²) in [5, 5.41) is 10.7. The van der Waals surface area contributed by atoms with Crippen LogP contribution in [0.1, 0.15) is 24.6 Å². The van der Waals surface area contributed by atoms with Gasteiger partial charge in [0.1, 0.15) is 5.02 Å². The molecule has 1 saturated heterocycles. The van der Waals surface area contributed by atoms with Gasteiger partial charge in [-0.05, 0) is 24.3 Å². The number of carbonyl (C=O) groups excluding carboxylic acids is 3. The molecule has 12 heteroatoms. The third-order valence-electron chi connectivity index (χ3n) is 4.70. The van der Waals surface area contributed by atoms with E-state index in [2.05, 4.69) is 0 Å². The van der Waals surface area contributed by atoms with E-state index in [1.54, 1.807) is 12.1 Å². The Kier molecular flexibility index (Phi) is 6.44. The Morgan fingerprint density at radius 1 is 1.27 bits per heavy atom. The summed E-state index contributed by atoms with van der Waals surface area (Å²) in [5.41, 5.74) is -0.466. The standard InChI is InChI=1S/C21H15Cl2NO8S/c1-9(25)30-20-13(22)7-10-6-12(21(29)31-19(10)18(20)23)14-3-2-11(33-14)8-17(28)32-24-15(26)4-5-16(24)27/h2-3,6-7,15,26H,4-5,8H2,1H3. The number of amides is 1. The van der Waals surface area contributed by atoms with Gasteiger partial charge in [-0.15, -0.1) is 16.4 Å². The Balaban J connectivity index is 1.59. The molecule has 1 N–H and O–H groups in total. The van der Waals surface area contributed by atoms with E-state index in [9.17, 15) is 24.3 Å². The van der Waals surface area contributed by atoms with Gasteiger partial charge in [-0.3, -0.25) is 9.59 Å². The van der Waals surface area contributed by atoms with Crippen molar-refractivity contribution in [2.45, 2.75) is 32.4 Å². The van der Waals surface area contributed by atoms with E-state index in [0.717, 1.165) is 11.3 Å². The summed E-state index contributed by atoms with van der Waals surface area (Å²) in [6.45, 7) is 1.19. The second-order valence-corrected chi connectivity index (χ2v) is 9.06.